The van der Waals surface area contributed by atoms with Crippen LogP contribution in [0.2, 0.25) is 0 Å². The van der Waals surface area contributed by atoms with Crippen molar-refractivity contribution in [3.8, 4) is 5.75 Å². The number of ether oxygens (including phenoxy) is 2. The number of nitrogens with zero attached hydrogens (tertiary/aromatic N) is 1. The number of hydrogen-bond donors (Lipinski definition) is 2. The van der Waals surface area contributed by atoms with Crippen LogP contribution in [0.5, 0.6) is 5.75 Å². The second-order valence-corrected chi connectivity index (χ2v) is 10.5. The molecule has 2 amide bonds. The van der Waals surface area contributed by atoms with E-state index in [1.54, 1.807) is 12.1 Å². The summed E-state index contributed by atoms with van der Waals surface area (Å²) in [5.74, 6) is 0.245. The SMILES string of the molecule is CC(C)C[C@H](NC(=O)OCc1ccccc1)C(=O)NCCCCC1=CS[C@H](C(=O)Oc2ccccc2)N1C. The molecule has 38 heavy (non-hydrogen) atoms. The van der Waals surface area contributed by atoms with Crippen molar-refractivity contribution >= 4 is 29.7 Å². The summed E-state index contributed by atoms with van der Waals surface area (Å²) in [6.45, 7) is 4.65. The van der Waals surface area contributed by atoms with Crippen molar-refractivity contribution in [2.24, 2.45) is 5.92 Å². The number of hydrogen-bond acceptors (Lipinski definition) is 7. The van der Waals surface area contributed by atoms with Gasteiger partial charge in [0.05, 0.1) is 0 Å². The molecule has 0 saturated carbocycles. The molecule has 0 fully saturated rings. The molecule has 0 aromatic heterocycles. The molecule has 2 aromatic rings. The molecule has 2 N–H and O–H groups in total. The summed E-state index contributed by atoms with van der Waals surface area (Å²) < 4.78 is 10.8. The fourth-order valence-corrected chi connectivity index (χ4v) is 5.00. The lowest BCUT2D eigenvalue weighted by molar-refractivity contribution is -0.136. The van der Waals surface area contributed by atoms with Crippen molar-refractivity contribution in [2.75, 3.05) is 13.6 Å². The molecule has 2 atom stereocenters. The van der Waals surface area contributed by atoms with E-state index in [0.29, 0.717) is 18.7 Å². The highest BCUT2D eigenvalue weighted by atomic mass is 32.2. The lowest BCUT2D eigenvalue weighted by Crippen LogP contribution is -2.47. The minimum atomic E-state index is -0.658. The molecular weight excluding hydrogens is 502 g/mol. The third-order valence-electron chi connectivity index (χ3n) is 5.99. The zero-order chi connectivity index (χ0) is 27.3. The Hall–Kier alpha value is -3.46. The number of rotatable bonds is 13. The zero-order valence-electron chi connectivity index (χ0n) is 22.2. The third-order valence-corrected chi connectivity index (χ3v) is 7.16. The number of amides is 2. The summed E-state index contributed by atoms with van der Waals surface area (Å²) in [6.07, 6.45) is 2.31. The van der Waals surface area contributed by atoms with Crippen LogP contribution >= 0.6 is 11.8 Å². The fourth-order valence-electron chi connectivity index (χ4n) is 3.95. The van der Waals surface area contributed by atoms with Crippen LogP contribution < -0.4 is 15.4 Å². The first-order valence-corrected chi connectivity index (χ1v) is 13.9. The number of carbonyl (C=O) groups excluding carboxylic acids is 3. The van der Waals surface area contributed by atoms with E-state index in [4.69, 9.17) is 9.47 Å². The molecule has 8 nitrogen and oxygen atoms in total. The number of para-hydroxylation sites is 1. The molecule has 2 aromatic carbocycles. The highest BCUT2D eigenvalue weighted by Crippen LogP contribution is 2.33. The summed E-state index contributed by atoms with van der Waals surface area (Å²) in [5, 5.41) is 7.23. The van der Waals surface area contributed by atoms with Gasteiger partial charge in [0.1, 0.15) is 18.4 Å². The topological polar surface area (TPSA) is 97.0 Å². The Bertz CT molecular complexity index is 1080. The third kappa shape index (κ3) is 9.45. The van der Waals surface area contributed by atoms with Gasteiger partial charge in [0.15, 0.2) is 5.37 Å². The van der Waals surface area contributed by atoms with E-state index in [-0.39, 0.29) is 24.4 Å². The van der Waals surface area contributed by atoms with Gasteiger partial charge < -0.3 is 25.0 Å². The number of nitrogens with one attached hydrogen (secondary N) is 2. The molecule has 1 heterocycles. The zero-order valence-corrected chi connectivity index (χ0v) is 23.0. The minimum Gasteiger partial charge on any atom is -0.445 e. The molecule has 3 rings (SSSR count). The maximum Gasteiger partial charge on any atom is 0.408 e. The smallest absolute Gasteiger partial charge is 0.408 e. The highest BCUT2D eigenvalue weighted by Gasteiger charge is 2.31. The average Bonchev–Trinajstić information content (AvgIpc) is 3.27. The number of thioether (sulfide) groups is 1. The number of likely N-dealkylation sites (N-methyl/N-ethyl adjacent to an activating group) is 1. The van der Waals surface area contributed by atoms with Crippen molar-refractivity contribution in [2.45, 2.75) is 57.6 Å². The van der Waals surface area contributed by atoms with Crippen LogP contribution in [0.4, 0.5) is 4.79 Å². The first-order valence-electron chi connectivity index (χ1n) is 12.9. The largest absolute Gasteiger partial charge is 0.445 e. The monoisotopic (exact) mass is 539 g/mol. The Labute approximate surface area is 229 Å². The Kier molecular flexibility index (Phi) is 11.5. The summed E-state index contributed by atoms with van der Waals surface area (Å²) >= 11 is 1.44. The molecular formula is C29H37N3O5S. The minimum absolute atomic E-state index is 0.149. The first kappa shape index (κ1) is 29.1. The van der Waals surface area contributed by atoms with Gasteiger partial charge in [-0.05, 0) is 54.7 Å². The predicted molar refractivity (Wildman–Crippen MR) is 149 cm³/mol. The number of unbranched alkanes of at least 4 members (excludes halogenated alkanes) is 1. The van der Waals surface area contributed by atoms with Gasteiger partial charge in [-0.15, -0.1) is 0 Å². The van der Waals surface area contributed by atoms with E-state index < -0.39 is 17.5 Å². The Morgan fingerprint density at radius 3 is 2.37 bits per heavy atom. The second kappa shape index (κ2) is 15.1. The Morgan fingerprint density at radius 1 is 1.00 bits per heavy atom. The van der Waals surface area contributed by atoms with E-state index in [9.17, 15) is 14.4 Å². The Morgan fingerprint density at radius 2 is 1.68 bits per heavy atom. The van der Waals surface area contributed by atoms with Crippen LogP contribution in [-0.4, -0.2) is 47.9 Å². The molecule has 0 spiro atoms. The van der Waals surface area contributed by atoms with Crippen molar-refractivity contribution in [3.05, 3.63) is 77.3 Å². The van der Waals surface area contributed by atoms with Crippen LogP contribution in [0.15, 0.2) is 71.8 Å². The van der Waals surface area contributed by atoms with E-state index in [0.717, 1.165) is 30.5 Å². The lowest BCUT2D eigenvalue weighted by Gasteiger charge is -2.23. The Balaban J connectivity index is 1.36. The van der Waals surface area contributed by atoms with Crippen molar-refractivity contribution in [1.82, 2.24) is 15.5 Å². The van der Waals surface area contributed by atoms with Gasteiger partial charge in [0.25, 0.3) is 0 Å². The van der Waals surface area contributed by atoms with Gasteiger partial charge in [-0.1, -0.05) is 74.1 Å². The van der Waals surface area contributed by atoms with Crippen LogP contribution in [0.3, 0.4) is 0 Å². The first-order chi connectivity index (χ1) is 18.3. The fraction of sp³-hybridized carbons (Fsp3) is 0.414. The molecule has 1 aliphatic rings. The van der Waals surface area contributed by atoms with Gasteiger partial charge in [-0.2, -0.15) is 0 Å². The maximum absolute atomic E-state index is 12.8. The quantitative estimate of drug-likeness (QED) is 0.208. The highest BCUT2D eigenvalue weighted by molar-refractivity contribution is 8.03. The van der Waals surface area contributed by atoms with Crippen LogP contribution in [0.25, 0.3) is 0 Å². The summed E-state index contributed by atoms with van der Waals surface area (Å²) in [4.78, 5) is 39.5. The van der Waals surface area contributed by atoms with Gasteiger partial charge >= 0.3 is 12.1 Å². The molecule has 0 bridgehead atoms. The number of esters is 1. The van der Waals surface area contributed by atoms with E-state index >= 15 is 0 Å². The van der Waals surface area contributed by atoms with Crippen LogP contribution in [-0.2, 0) is 20.9 Å². The van der Waals surface area contributed by atoms with Gasteiger partial charge in [0, 0.05) is 19.3 Å². The average molecular weight is 540 g/mol. The molecule has 0 radical (unpaired) electrons. The van der Waals surface area contributed by atoms with Gasteiger partial charge in [0.2, 0.25) is 5.91 Å². The van der Waals surface area contributed by atoms with Crippen LogP contribution in [0.1, 0.15) is 45.1 Å². The van der Waals surface area contributed by atoms with Gasteiger partial charge in [-0.3, -0.25) is 4.79 Å². The molecule has 0 aliphatic carbocycles. The molecule has 0 saturated heterocycles. The van der Waals surface area contributed by atoms with E-state index in [1.807, 2.05) is 79.7 Å². The molecule has 204 valence electrons. The van der Waals surface area contributed by atoms with Gasteiger partial charge in [-0.25, -0.2) is 9.59 Å². The normalized spacial score (nSPS) is 15.5. The van der Waals surface area contributed by atoms with Crippen molar-refractivity contribution in [3.63, 3.8) is 0 Å². The lowest BCUT2D eigenvalue weighted by atomic mass is 10.0. The summed E-state index contributed by atoms with van der Waals surface area (Å²) in [7, 11) is 1.89. The van der Waals surface area contributed by atoms with Crippen LogP contribution in [0, 0.1) is 5.92 Å². The van der Waals surface area contributed by atoms with Crippen molar-refractivity contribution in [1.29, 1.82) is 0 Å². The maximum atomic E-state index is 12.8. The number of allylic oxidation sites excluding steroid dienone is 1. The molecule has 9 heteroatoms. The summed E-state index contributed by atoms with van der Waals surface area (Å²) in [5.41, 5.74) is 1.95. The van der Waals surface area contributed by atoms with E-state index in [1.165, 1.54) is 11.8 Å². The molecule has 0 unspecified atom stereocenters. The number of carbonyl (C=O) groups is 3. The molecule has 1 aliphatic heterocycles. The number of alkyl carbamates (subject to hydrolysis) is 1. The number of benzene rings is 2. The predicted octanol–water partition coefficient (Wildman–Crippen LogP) is 5.07. The second-order valence-electron chi connectivity index (χ2n) is 9.58. The van der Waals surface area contributed by atoms with Crippen molar-refractivity contribution < 1.29 is 23.9 Å². The standard InChI is InChI=1S/C29H37N3O5S/c1-21(2)18-25(31-29(35)36-19-22-12-6-4-7-13-22)26(33)30-17-11-10-14-23-20-38-27(32(23)3)28(34)37-24-15-8-5-9-16-24/h4-9,12-13,15-16,20-21,25,27H,10-11,14,17-19H2,1-3H3,(H,30,33)(H,31,35)/t25-,27+/m0/s1. The summed E-state index contributed by atoms with van der Waals surface area (Å²) in [6, 6.07) is 17.8. The van der Waals surface area contributed by atoms with E-state index in [2.05, 4.69) is 10.6 Å².